The monoisotopic (exact) mass is 287 g/mol. The van der Waals surface area contributed by atoms with Crippen LogP contribution in [0.4, 0.5) is 0 Å². The zero-order chi connectivity index (χ0) is 10.1. The number of hydrogen-bond donors (Lipinski definition) is 0. The molecule has 0 N–H and O–H groups in total. The van der Waals surface area contributed by atoms with Gasteiger partial charge in [0.05, 0.1) is 10.7 Å². The van der Waals surface area contributed by atoms with Gasteiger partial charge >= 0.3 is 0 Å². The van der Waals surface area contributed by atoms with Crippen LogP contribution < -0.4 is 0 Å². The fourth-order valence-electron chi connectivity index (χ4n) is 1.20. The van der Waals surface area contributed by atoms with Gasteiger partial charge in [0.15, 0.2) is 3.92 Å². The highest BCUT2D eigenvalue weighted by atomic mass is 79.9. The molecule has 0 unspecified atom stereocenters. The van der Waals surface area contributed by atoms with E-state index in [4.69, 9.17) is 11.6 Å². The van der Waals surface area contributed by atoms with Crippen LogP contribution in [0.15, 0.2) is 27.5 Å². The summed E-state index contributed by atoms with van der Waals surface area (Å²) < 4.78 is 0.879. The molecule has 4 heteroatoms. The third-order valence-corrected chi connectivity index (χ3v) is 3.55. The normalized spacial score (nSPS) is 10.5. The van der Waals surface area contributed by atoms with Crippen molar-refractivity contribution in [3.8, 4) is 11.3 Å². The smallest absolute Gasteiger partial charge is 0.159 e. The van der Waals surface area contributed by atoms with Gasteiger partial charge in [-0.25, -0.2) is 4.98 Å². The molecule has 0 aliphatic rings. The summed E-state index contributed by atoms with van der Waals surface area (Å²) in [6.07, 6.45) is 0. The van der Waals surface area contributed by atoms with E-state index < -0.39 is 0 Å². The molecule has 0 bridgehead atoms. The highest BCUT2D eigenvalue weighted by Gasteiger charge is 2.06. The third kappa shape index (κ3) is 2.00. The molecule has 1 aromatic carbocycles. The molecule has 0 spiro atoms. The molecule has 1 nitrogen and oxygen atoms in total. The van der Waals surface area contributed by atoms with Crippen molar-refractivity contribution >= 4 is 38.9 Å². The van der Waals surface area contributed by atoms with Crippen molar-refractivity contribution in [1.29, 1.82) is 0 Å². The number of rotatable bonds is 1. The SMILES string of the molecule is Cc1ccc(-c2csc(Br)n2)c(Cl)c1. The zero-order valence-electron chi connectivity index (χ0n) is 7.42. The number of nitrogens with zero attached hydrogens (tertiary/aromatic N) is 1. The minimum Gasteiger partial charge on any atom is -0.229 e. The Bertz CT molecular complexity index is 467. The lowest BCUT2D eigenvalue weighted by molar-refractivity contribution is 1.36. The number of thiazole rings is 1. The van der Waals surface area contributed by atoms with Crippen molar-refractivity contribution in [2.75, 3.05) is 0 Å². The number of halogens is 2. The summed E-state index contributed by atoms with van der Waals surface area (Å²) >= 11 is 11.0. The van der Waals surface area contributed by atoms with Crippen molar-refractivity contribution in [2.45, 2.75) is 6.92 Å². The van der Waals surface area contributed by atoms with Crippen LogP contribution in [0.3, 0.4) is 0 Å². The zero-order valence-corrected chi connectivity index (χ0v) is 10.6. The van der Waals surface area contributed by atoms with Crippen molar-refractivity contribution in [3.63, 3.8) is 0 Å². The lowest BCUT2D eigenvalue weighted by Gasteiger charge is -2.01. The van der Waals surface area contributed by atoms with Gasteiger partial charge in [0.25, 0.3) is 0 Å². The maximum Gasteiger partial charge on any atom is 0.159 e. The number of aryl methyl sites for hydroxylation is 1. The topological polar surface area (TPSA) is 12.9 Å². The average Bonchev–Trinajstić information content (AvgIpc) is 2.51. The minimum atomic E-state index is 0.753. The molecule has 0 aliphatic heterocycles. The Morgan fingerprint density at radius 1 is 1.43 bits per heavy atom. The van der Waals surface area contributed by atoms with E-state index >= 15 is 0 Å². The molecule has 0 saturated carbocycles. The van der Waals surface area contributed by atoms with Crippen LogP contribution in [0, 0.1) is 6.92 Å². The Balaban J connectivity index is 2.52. The number of aromatic nitrogens is 1. The maximum atomic E-state index is 6.12. The standard InChI is InChI=1S/C10H7BrClNS/c1-6-2-3-7(8(12)4-6)9-5-14-10(11)13-9/h2-5H,1H3. The van der Waals surface area contributed by atoms with E-state index in [1.54, 1.807) is 11.3 Å². The molecular weight excluding hydrogens is 282 g/mol. The first-order valence-electron chi connectivity index (χ1n) is 4.04. The first-order valence-corrected chi connectivity index (χ1v) is 6.09. The predicted molar refractivity (Wildman–Crippen MR) is 65.0 cm³/mol. The van der Waals surface area contributed by atoms with Gasteiger partial charge in [0.2, 0.25) is 0 Å². The van der Waals surface area contributed by atoms with E-state index in [0.29, 0.717) is 0 Å². The van der Waals surface area contributed by atoms with E-state index in [0.717, 1.165) is 25.8 Å². The first-order chi connectivity index (χ1) is 6.66. The van der Waals surface area contributed by atoms with Crippen molar-refractivity contribution in [1.82, 2.24) is 4.98 Å². The molecule has 0 aliphatic carbocycles. The van der Waals surface area contributed by atoms with Crippen LogP contribution >= 0.6 is 38.9 Å². The average molecular weight is 289 g/mol. The Hall–Kier alpha value is -0.380. The second kappa shape index (κ2) is 4.01. The largest absolute Gasteiger partial charge is 0.229 e. The third-order valence-electron chi connectivity index (χ3n) is 1.88. The Morgan fingerprint density at radius 3 is 2.79 bits per heavy atom. The molecular formula is C10H7BrClNS. The molecule has 2 aromatic rings. The lowest BCUT2D eigenvalue weighted by Crippen LogP contribution is -1.80. The van der Waals surface area contributed by atoms with Crippen LogP contribution in [0.5, 0.6) is 0 Å². The van der Waals surface area contributed by atoms with Crippen LogP contribution in [-0.4, -0.2) is 4.98 Å². The van der Waals surface area contributed by atoms with Gasteiger partial charge in [-0.1, -0.05) is 23.7 Å². The molecule has 2 rings (SSSR count). The molecule has 14 heavy (non-hydrogen) atoms. The lowest BCUT2D eigenvalue weighted by atomic mass is 10.1. The Labute approximate surface area is 99.9 Å². The highest BCUT2D eigenvalue weighted by molar-refractivity contribution is 9.11. The maximum absolute atomic E-state index is 6.12. The van der Waals surface area contributed by atoms with Gasteiger partial charge in [-0.2, -0.15) is 0 Å². The van der Waals surface area contributed by atoms with E-state index in [1.807, 2.05) is 30.5 Å². The van der Waals surface area contributed by atoms with E-state index in [2.05, 4.69) is 20.9 Å². The van der Waals surface area contributed by atoms with E-state index in [9.17, 15) is 0 Å². The van der Waals surface area contributed by atoms with Crippen molar-refractivity contribution in [2.24, 2.45) is 0 Å². The van der Waals surface area contributed by atoms with Gasteiger partial charge in [-0.3, -0.25) is 0 Å². The summed E-state index contributed by atoms with van der Waals surface area (Å²) in [5, 5.41) is 2.74. The van der Waals surface area contributed by atoms with Gasteiger partial charge in [-0.05, 0) is 34.5 Å². The van der Waals surface area contributed by atoms with Gasteiger partial charge in [-0.15, -0.1) is 11.3 Å². The van der Waals surface area contributed by atoms with E-state index in [1.165, 1.54) is 0 Å². The van der Waals surface area contributed by atoms with E-state index in [-0.39, 0.29) is 0 Å². The summed E-state index contributed by atoms with van der Waals surface area (Å²) in [6, 6.07) is 5.98. The molecule has 1 heterocycles. The Kier molecular flexibility index (Phi) is 2.91. The minimum absolute atomic E-state index is 0.753. The molecule has 72 valence electrons. The first kappa shape index (κ1) is 10.1. The van der Waals surface area contributed by atoms with Crippen molar-refractivity contribution in [3.05, 3.63) is 38.1 Å². The summed E-state index contributed by atoms with van der Waals surface area (Å²) in [4.78, 5) is 4.32. The fraction of sp³-hybridized carbons (Fsp3) is 0.100. The molecule has 0 fully saturated rings. The summed E-state index contributed by atoms with van der Waals surface area (Å²) in [5.74, 6) is 0. The van der Waals surface area contributed by atoms with Crippen LogP contribution in [0.1, 0.15) is 5.56 Å². The molecule has 0 amide bonds. The van der Waals surface area contributed by atoms with Gasteiger partial charge in [0.1, 0.15) is 0 Å². The van der Waals surface area contributed by atoms with Crippen LogP contribution in [0.25, 0.3) is 11.3 Å². The summed E-state index contributed by atoms with van der Waals surface area (Å²) in [7, 11) is 0. The second-order valence-corrected chi connectivity index (χ2v) is 5.51. The summed E-state index contributed by atoms with van der Waals surface area (Å²) in [6.45, 7) is 2.02. The fourth-order valence-corrected chi connectivity index (χ4v) is 2.55. The molecule has 1 aromatic heterocycles. The van der Waals surface area contributed by atoms with Gasteiger partial charge in [0, 0.05) is 10.9 Å². The highest BCUT2D eigenvalue weighted by Crippen LogP contribution is 2.30. The molecule has 0 saturated heterocycles. The second-order valence-electron chi connectivity index (χ2n) is 2.97. The van der Waals surface area contributed by atoms with Crippen LogP contribution in [-0.2, 0) is 0 Å². The number of benzene rings is 1. The Morgan fingerprint density at radius 2 is 2.21 bits per heavy atom. The van der Waals surface area contributed by atoms with Crippen molar-refractivity contribution < 1.29 is 0 Å². The van der Waals surface area contributed by atoms with Gasteiger partial charge < -0.3 is 0 Å². The number of hydrogen-bond acceptors (Lipinski definition) is 2. The molecule has 0 atom stereocenters. The summed E-state index contributed by atoms with van der Waals surface area (Å²) in [5.41, 5.74) is 3.07. The quantitative estimate of drug-likeness (QED) is 0.751. The predicted octanol–water partition coefficient (Wildman–Crippen LogP) is 4.53. The molecule has 0 radical (unpaired) electrons. The van der Waals surface area contributed by atoms with Crippen LogP contribution in [0.2, 0.25) is 5.02 Å².